The number of benzene rings is 2. The quantitative estimate of drug-likeness (QED) is 0.0406. The molecule has 79 heavy (non-hydrogen) atoms. The molecular formula is C54H77F4N11O10. The number of carboxylic acid groups (broad SMARTS) is 3. The molecule has 0 spiro atoms. The van der Waals surface area contributed by atoms with Crippen LogP contribution in [-0.2, 0) is 30.1 Å². The standard InChI is InChI=1S/C54H77F4N11O10/c1-4-79-44-10-6-5-9-41(44)50-42(55)32-52(2,38-63-50)53(14-19-69(20-15-53)43-13-12-40(54(56,57)58)31-39(43)33-59)51(78)62-18-22-64(3)21-17-61-45(70)11-7-8-16-60-46(71)34-65-23-25-66(35-47(72)73)27-29-68(37-49(76)77)30-28-67(26-24-65)36-48(74)75/h5-6,9-10,12-13,31-32,46,60,71H,4,7-8,11,14-30,34-38H2,1-3H3,(H,61,70)(H,62,78)(H,72,73)(H,74,75)(H,76,77). The van der Waals surface area contributed by atoms with E-state index >= 15 is 4.39 Å². The maximum Gasteiger partial charge on any atom is 0.416 e. The molecule has 0 aromatic heterocycles. The van der Waals surface area contributed by atoms with E-state index in [1.165, 1.54) is 12.1 Å². The van der Waals surface area contributed by atoms with Crippen LogP contribution in [0.5, 0.6) is 5.75 Å². The van der Waals surface area contributed by atoms with Gasteiger partial charge in [-0.25, -0.2) is 4.39 Å². The Morgan fingerprint density at radius 3 is 1.90 bits per heavy atom. The van der Waals surface area contributed by atoms with E-state index in [1.54, 1.807) is 50.8 Å². The minimum absolute atomic E-state index is 0.0565. The van der Waals surface area contributed by atoms with Crippen molar-refractivity contribution in [1.29, 1.82) is 5.26 Å². The van der Waals surface area contributed by atoms with Crippen molar-refractivity contribution in [2.24, 2.45) is 15.8 Å². The highest BCUT2D eigenvalue weighted by molar-refractivity contribution is 6.13. The number of ether oxygens (including phenoxy) is 1. The van der Waals surface area contributed by atoms with Gasteiger partial charge in [-0.3, -0.25) is 53.9 Å². The van der Waals surface area contributed by atoms with Gasteiger partial charge >= 0.3 is 24.1 Å². The highest BCUT2D eigenvalue weighted by Gasteiger charge is 2.55. The first kappa shape index (κ1) is 63.6. The van der Waals surface area contributed by atoms with Crippen LogP contribution in [0.15, 0.2) is 59.4 Å². The number of aliphatic carboxylic acids is 3. The number of allylic oxidation sites excluding steroid dienone is 1. The number of nitriles is 1. The number of halogens is 4. The second-order valence-corrected chi connectivity index (χ2v) is 20.6. The summed E-state index contributed by atoms with van der Waals surface area (Å²) in [6, 6.07) is 11.9. The van der Waals surface area contributed by atoms with E-state index in [2.05, 4.69) is 16.0 Å². The molecule has 2 atom stereocenters. The summed E-state index contributed by atoms with van der Waals surface area (Å²) in [5.41, 5.74) is -2.55. The van der Waals surface area contributed by atoms with Gasteiger partial charge in [0, 0.05) is 122 Å². The summed E-state index contributed by atoms with van der Waals surface area (Å²) in [6.45, 7) is 8.07. The monoisotopic (exact) mass is 1120 g/mol. The fourth-order valence-corrected chi connectivity index (χ4v) is 10.3. The molecule has 2 aromatic rings. The van der Waals surface area contributed by atoms with E-state index in [1.807, 2.05) is 29.8 Å². The van der Waals surface area contributed by atoms with Crippen LogP contribution in [0.25, 0.3) is 0 Å². The summed E-state index contributed by atoms with van der Waals surface area (Å²) in [7, 11) is 1.84. The van der Waals surface area contributed by atoms with Gasteiger partial charge < -0.3 is 45.6 Å². The van der Waals surface area contributed by atoms with E-state index in [4.69, 9.17) is 9.73 Å². The molecule has 0 aliphatic carbocycles. The number of carbonyl (C=O) groups excluding carboxylic acids is 2. The van der Waals surface area contributed by atoms with Crippen LogP contribution in [0.4, 0.5) is 23.2 Å². The zero-order valence-electron chi connectivity index (χ0n) is 45.4. The van der Waals surface area contributed by atoms with Crippen LogP contribution in [0, 0.1) is 22.2 Å². The third kappa shape index (κ3) is 19.2. The van der Waals surface area contributed by atoms with Gasteiger partial charge in [-0.1, -0.05) is 19.1 Å². The number of rotatable bonds is 26. The average molecular weight is 1120 g/mol. The van der Waals surface area contributed by atoms with E-state index in [-0.39, 0.29) is 121 Å². The number of hydrogen-bond acceptors (Lipinski definition) is 16. The van der Waals surface area contributed by atoms with E-state index in [0.717, 1.165) is 12.1 Å². The summed E-state index contributed by atoms with van der Waals surface area (Å²) in [5.74, 6) is -3.75. The summed E-state index contributed by atoms with van der Waals surface area (Å²) in [4.78, 5) is 77.5. The number of likely N-dealkylation sites (N-methyl/N-ethyl adjacent to an activating group) is 1. The number of nitrogens with one attached hydrogen (secondary N) is 3. The third-order valence-electron chi connectivity index (χ3n) is 14.9. The first-order valence-electron chi connectivity index (χ1n) is 26.8. The lowest BCUT2D eigenvalue weighted by atomic mass is 9.58. The van der Waals surface area contributed by atoms with Crippen LogP contribution in [-0.4, -0.2) is 231 Å². The smallest absolute Gasteiger partial charge is 0.416 e. The molecule has 5 rings (SSSR count). The molecule has 3 aliphatic heterocycles. The molecule has 25 heteroatoms. The van der Waals surface area contributed by atoms with Gasteiger partial charge in [0.05, 0.1) is 48.5 Å². The number of para-hydroxylation sites is 1. The van der Waals surface area contributed by atoms with Gasteiger partial charge in [0.1, 0.15) is 29.6 Å². The van der Waals surface area contributed by atoms with Crippen LogP contribution in [0.1, 0.15) is 62.6 Å². The second-order valence-electron chi connectivity index (χ2n) is 20.6. The first-order valence-corrected chi connectivity index (χ1v) is 26.8. The normalized spacial score (nSPS) is 19.7. The van der Waals surface area contributed by atoms with Crippen molar-refractivity contribution in [2.75, 3.05) is 149 Å². The number of hydrogen-bond donors (Lipinski definition) is 7. The maximum absolute atomic E-state index is 16.4. The van der Waals surface area contributed by atoms with Gasteiger partial charge in [0.15, 0.2) is 0 Å². The Labute approximate surface area is 458 Å². The fourth-order valence-electron chi connectivity index (χ4n) is 10.3. The number of aliphatic hydroxyl groups excluding tert-OH is 1. The van der Waals surface area contributed by atoms with Crippen LogP contribution in [0.2, 0.25) is 0 Å². The Hall–Kier alpha value is -6.27. The second kappa shape index (κ2) is 30.4. The van der Waals surface area contributed by atoms with Crippen molar-refractivity contribution >= 4 is 41.1 Å². The Morgan fingerprint density at radius 1 is 0.810 bits per heavy atom. The number of unbranched alkanes of at least 4 members (excludes halogenated alkanes) is 1. The minimum atomic E-state index is -4.64. The number of amides is 2. The first-order chi connectivity index (χ1) is 37.6. The number of dihydropyridines is 1. The lowest BCUT2D eigenvalue weighted by molar-refractivity contribution is -0.140. The summed E-state index contributed by atoms with van der Waals surface area (Å²) >= 11 is 0. The van der Waals surface area contributed by atoms with Crippen molar-refractivity contribution in [3.8, 4) is 11.8 Å². The highest BCUT2D eigenvalue weighted by Crippen LogP contribution is 2.52. The predicted molar refractivity (Wildman–Crippen MR) is 286 cm³/mol. The largest absolute Gasteiger partial charge is 0.493 e. The molecule has 2 unspecified atom stereocenters. The van der Waals surface area contributed by atoms with Gasteiger partial charge in [-0.05, 0) is 82.6 Å². The number of nitrogens with zero attached hydrogens (tertiary/aromatic N) is 8. The Bertz CT molecular complexity index is 2460. The lowest BCUT2D eigenvalue weighted by Gasteiger charge is -2.51. The molecule has 3 heterocycles. The zero-order valence-corrected chi connectivity index (χ0v) is 45.4. The van der Waals surface area contributed by atoms with E-state index in [0.29, 0.717) is 88.8 Å². The maximum atomic E-state index is 16.4. The van der Waals surface area contributed by atoms with Gasteiger partial charge in [-0.2, -0.15) is 18.4 Å². The molecule has 2 amide bonds. The molecule has 0 radical (unpaired) electrons. The van der Waals surface area contributed by atoms with Crippen LogP contribution >= 0.6 is 0 Å². The number of carbonyl (C=O) groups is 5. The van der Waals surface area contributed by atoms with Crippen molar-refractivity contribution in [3.63, 3.8) is 0 Å². The van der Waals surface area contributed by atoms with Crippen LogP contribution in [0.3, 0.4) is 0 Å². The van der Waals surface area contributed by atoms with E-state index < -0.39 is 52.5 Å². The molecule has 7 N–H and O–H groups in total. The zero-order chi connectivity index (χ0) is 57.8. The summed E-state index contributed by atoms with van der Waals surface area (Å²) < 4.78 is 62.8. The predicted octanol–water partition coefficient (Wildman–Crippen LogP) is 2.64. The molecule has 436 valence electrons. The fraction of sp³-hybridized carbons (Fsp3) is 0.611. The third-order valence-corrected chi connectivity index (χ3v) is 14.9. The molecule has 2 fully saturated rings. The SMILES string of the molecule is CCOc1ccccc1C1=NCC(C)(C2(C(=O)NCCN(C)CCNC(=O)CCCCNC(O)CN3CCN(CC(=O)O)CCN(CC(=O)O)CCN(CC(=O)O)CC3)CCN(c3ccc(C(F)(F)F)cc3C#N)CC2)C=C1F. The highest BCUT2D eigenvalue weighted by atomic mass is 19.4. The molecular weight excluding hydrogens is 1040 g/mol. The summed E-state index contributed by atoms with van der Waals surface area (Å²) in [5, 5.41) is 58.2. The summed E-state index contributed by atoms with van der Waals surface area (Å²) in [6.07, 6.45) is -2.47. The van der Waals surface area contributed by atoms with Crippen molar-refractivity contribution in [1.82, 2.24) is 40.4 Å². The average Bonchev–Trinajstić information content (AvgIpc) is 3.40. The Balaban J connectivity index is 1.09. The number of alkyl halides is 3. The Morgan fingerprint density at radius 2 is 1.37 bits per heavy atom. The number of β-amino-alcohol motifs (C(OH)–C–C–N with tert-alkyl or cyclic N) is 1. The molecule has 21 nitrogen and oxygen atoms in total. The Kier molecular flexibility index (Phi) is 24.4. The molecule has 2 aromatic carbocycles. The molecule has 0 bridgehead atoms. The number of aliphatic hydroxyl groups is 1. The number of carboxylic acids is 3. The lowest BCUT2D eigenvalue weighted by Crippen LogP contribution is -2.58. The molecule has 2 saturated heterocycles. The van der Waals surface area contributed by atoms with Gasteiger partial charge in [0.2, 0.25) is 11.8 Å². The van der Waals surface area contributed by atoms with E-state index in [9.17, 15) is 62.8 Å². The number of anilines is 1. The molecule has 3 aliphatic rings. The van der Waals surface area contributed by atoms with Gasteiger partial charge in [-0.15, -0.1) is 0 Å². The topological polar surface area (TPSA) is 267 Å². The van der Waals surface area contributed by atoms with Crippen molar-refractivity contribution in [2.45, 2.75) is 58.4 Å². The van der Waals surface area contributed by atoms with Crippen molar-refractivity contribution < 1.29 is 66.7 Å². The van der Waals surface area contributed by atoms with Crippen LogP contribution < -0.4 is 25.6 Å². The number of piperidine rings is 1. The minimum Gasteiger partial charge on any atom is -0.493 e. The molecule has 0 saturated carbocycles. The number of aliphatic imine (C=N–C) groups is 1. The van der Waals surface area contributed by atoms with Crippen molar-refractivity contribution in [3.05, 3.63) is 71.1 Å². The van der Waals surface area contributed by atoms with Gasteiger partial charge in [0.25, 0.3) is 0 Å².